The van der Waals surface area contributed by atoms with E-state index in [1.807, 2.05) is 0 Å². The van der Waals surface area contributed by atoms with Crippen molar-refractivity contribution in [3.8, 4) is 0 Å². The molecule has 1 aliphatic rings. The van der Waals surface area contributed by atoms with Gasteiger partial charge in [0.05, 0.1) is 21.0 Å². The van der Waals surface area contributed by atoms with Gasteiger partial charge in [0.2, 0.25) is 0 Å². The number of anilines is 1. The number of rotatable bonds is 7. The second-order valence-electron chi connectivity index (χ2n) is 6.26. The van der Waals surface area contributed by atoms with Crippen molar-refractivity contribution in [1.29, 1.82) is 0 Å². The number of amides is 4. The maximum atomic E-state index is 12.4. The average Bonchev–Trinajstić information content (AvgIpc) is 2.95. The van der Waals surface area contributed by atoms with Crippen LogP contribution >= 0.6 is 0 Å². The molecule has 0 fully saturated rings. The molecule has 12 nitrogen and oxygen atoms in total. The van der Waals surface area contributed by atoms with Crippen molar-refractivity contribution in [2.75, 3.05) is 18.4 Å². The largest absolute Gasteiger partial charge is 0.338 e. The number of hydrogen-bond donors (Lipinski definition) is 2. The van der Waals surface area contributed by atoms with Gasteiger partial charge in [-0.1, -0.05) is 12.1 Å². The predicted octanol–water partition coefficient (Wildman–Crippen LogP) is 2.31. The molecule has 0 aliphatic carbocycles. The van der Waals surface area contributed by atoms with Crippen molar-refractivity contribution in [2.24, 2.45) is 0 Å². The fourth-order valence-electron chi connectivity index (χ4n) is 2.94. The standard InChI is InChI=1S/C18H15N5O7/c24-16-12-7-6-11(22(27)28)10-13(12)17(25)21(16)9-3-8-19-18(26)20-14-4-1-2-5-15(14)23(29)30/h1-2,4-7,10H,3,8-9H2,(H2,19,20,26). The van der Waals surface area contributed by atoms with Crippen LogP contribution in [0.3, 0.4) is 0 Å². The van der Waals surface area contributed by atoms with Crippen LogP contribution in [0.5, 0.6) is 0 Å². The van der Waals surface area contributed by atoms with Gasteiger partial charge in [-0.3, -0.25) is 34.7 Å². The van der Waals surface area contributed by atoms with Gasteiger partial charge in [-0.05, 0) is 18.6 Å². The molecule has 0 saturated carbocycles. The van der Waals surface area contributed by atoms with E-state index >= 15 is 0 Å². The van der Waals surface area contributed by atoms with E-state index in [9.17, 15) is 34.6 Å². The molecular formula is C18H15N5O7. The molecule has 0 radical (unpaired) electrons. The van der Waals surface area contributed by atoms with Crippen LogP contribution in [0.25, 0.3) is 0 Å². The summed E-state index contributed by atoms with van der Waals surface area (Å²) in [5, 5.41) is 26.6. The summed E-state index contributed by atoms with van der Waals surface area (Å²) < 4.78 is 0. The Morgan fingerprint density at radius 3 is 2.37 bits per heavy atom. The summed E-state index contributed by atoms with van der Waals surface area (Å²) in [6.45, 7) is 0.0753. The zero-order valence-corrected chi connectivity index (χ0v) is 15.4. The van der Waals surface area contributed by atoms with E-state index < -0.39 is 27.7 Å². The molecule has 0 atom stereocenters. The lowest BCUT2D eigenvalue weighted by Crippen LogP contribution is -2.35. The van der Waals surface area contributed by atoms with Crippen LogP contribution in [0.4, 0.5) is 21.9 Å². The highest BCUT2D eigenvalue weighted by Gasteiger charge is 2.36. The Kier molecular flexibility index (Phi) is 5.67. The number of nitro benzene ring substituents is 2. The van der Waals surface area contributed by atoms with Crippen molar-refractivity contribution in [3.05, 3.63) is 73.8 Å². The number of carbonyl (C=O) groups is 3. The summed E-state index contributed by atoms with van der Waals surface area (Å²) in [6.07, 6.45) is 0.220. The third-order valence-corrected chi connectivity index (χ3v) is 4.36. The highest BCUT2D eigenvalue weighted by molar-refractivity contribution is 6.21. The Labute approximate surface area is 168 Å². The van der Waals surface area contributed by atoms with Gasteiger partial charge >= 0.3 is 6.03 Å². The van der Waals surface area contributed by atoms with Gasteiger partial charge in [0.25, 0.3) is 23.2 Å². The molecule has 2 aromatic carbocycles. The third kappa shape index (κ3) is 4.06. The van der Waals surface area contributed by atoms with E-state index in [-0.39, 0.29) is 47.7 Å². The van der Waals surface area contributed by atoms with Gasteiger partial charge < -0.3 is 10.6 Å². The molecule has 0 unspecified atom stereocenters. The summed E-state index contributed by atoms with van der Waals surface area (Å²) in [6, 6.07) is 8.43. The smallest absolute Gasteiger partial charge is 0.319 e. The quantitative estimate of drug-likeness (QED) is 0.304. The van der Waals surface area contributed by atoms with Crippen LogP contribution in [0.1, 0.15) is 27.1 Å². The summed E-state index contributed by atoms with van der Waals surface area (Å²) in [5.41, 5.74) is -0.455. The first-order valence-electron chi connectivity index (χ1n) is 8.72. The van der Waals surface area contributed by atoms with Crippen LogP contribution in [-0.2, 0) is 0 Å². The zero-order valence-electron chi connectivity index (χ0n) is 15.4. The summed E-state index contributed by atoms with van der Waals surface area (Å²) >= 11 is 0. The number of nitro groups is 2. The van der Waals surface area contributed by atoms with Gasteiger partial charge in [-0.25, -0.2) is 4.79 Å². The summed E-state index contributed by atoms with van der Waals surface area (Å²) in [4.78, 5) is 58.1. The molecule has 12 heteroatoms. The number of fused-ring (bicyclic) bond motifs is 1. The van der Waals surface area contributed by atoms with E-state index in [0.717, 1.165) is 17.0 Å². The number of urea groups is 1. The Morgan fingerprint density at radius 2 is 1.67 bits per heavy atom. The van der Waals surface area contributed by atoms with Crippen LogP contribution in [0.2, 0.25) is 0 Å². The average molecular weight is 413 g/mol. The number of hydrogen-bond acceptors (Lipinski definition) is 7. The molecule has 0 bridgehead atoms. The summed E-state index contributed by atoms with van der Waals surface area (Å²) in [5.74, 6) is -1.20. The molecule has 2 aromatic rings. The van der Waals surface area contributed by atoms with Crippen LogP contribution < -0.4 is 10.6 Å². The minimum atomic E-state index is -0.678. The van der Waals surface area contributed by atoms with Gasteiger partial charge in [0, 0.05) is 31.3 Å². The molecule has 3 rings (SSSR count). The Hall–Kier alpha value is -4.35. The molecule has 4 amide bonds. The molecule has 0 saturated heterocycles. The van der Waals surface area contributed by atoms with Crippen LogP contribution in [0.15, 0.2) is 42.5 Å². The van der Waals surface area contributed by atoms with E-state index in [1.54, 1.807) is 0 Å². The number of imide groups is 1. The fourth-order valence-corrected chi connectivity index (χ4v) is 2.94. The first-order chi connectivity index (χ1) is 14.3. The molecule has 0 spiro atoms. The van der Waals surface area contributed by atoms with E-state index in [2.05, 4.69) is 10.6 Å². The van der Waals surface area contributed by atoms with Crippen molar-refractivity contribution in [3.63, 3.8) is 0 Å². The molecule has 30 heavy (non-hydrogen) atoms. The number of non-ortho nitro benzene ring substituents is 1. The van der Waals surface area contributed by atoms with Crippen LogP contribution in [0, 0.1) is 20.2 Å². The SMILES string of the molecule is O=C(NCCCN1C(=O)c2ccc([N+](=O)[O-])cc2C1=O)Nc1ccccc1[N+](=O)[O-]. The van der Waals surface area contributed by atoms with Crippen molar-refractivity contribution in [1.82, 2.24) is 10.2 Å². The van der Waals surface area contributed by atoms with E-state index in [1.165, 1.54) is 30.3 Å². The fraction of sp³-hybridized carbons (Fsp3) is 0.167. The molecule has 1 aliphatic heterocycles. The summed E-state index contributed by atoms with van der Waals surface area (Å²) in [7, 11) is 0. The number of nitrogens with one attached hydrogen (secondary N) is 2. The normalized spacial score (nSPS) is 12.5. The second-order valence-corrected chi connectivity index (χ2v) is 6.26. The first-order valence-corrected chi connectivity index (χ1v) is 8.72. The minimum Gasteiger partial charge on any atom is -0.338 e. The number of nitrogens with zero attached hydrogens (tertiary/aromatic N) is 3. The van der Waals surface area contributed by atoms with Gasteiger partial charge in [0.1, 0.15) is 5.69 Å². The van der Waals surface area contributed by atoms with Crippen molar-refractivity contribution < 1.29 is 24.2 Å². The lowest BCUT2D eigenvalue weighted by molar-refractivity contribution is -0.384. The Balaban J connectivity index is 1.53. The Bertz CT molecular complexity index is 1070. The molecular weight excluding hydrogens is 398 g/mol. The maximum absolute atomic E-state index is 12.4. The molecule has 1 heterocycles. The van der Waals surface area contributed by atoms with Gasteiger partial charge in [0.15, 0.2) is 0 Å². The number of para-hydroxylation sites is 2. The monoisotopic (exact) mass is 413 g/mol. The Morgan fingerprint density at radius 1 is 0.967 bits per heavy atom. The minimum absolute atomic E-state index is 0.00803. The van der Waals surface area contributed by atoms with Gasteiger partial charge in [-0.2, -0.15) is 0 Å². The predicted molar refractivity (Wildman–Crippen MR) is 103 cm³/mol. The maximum Gasteiger partial charge on any atom is 0.319 e. The van der Waals surface area contributed by atoms with Gasteiger partial charge in [-0.15, -0.1) is 0 Å². The lowest BCUT2D eigenvalue weighted by Gasteiger charge is -2.14. The van der Waals surface area contributed by atoms with Crippen molar-refractivity contribution in [2.45, 2.75) is 6.42 Å². The van der Waals surface area contributed by atoms with E-state index in [0.29, 0.717) is 0 Å². The van der Waals surface area contributed by atoms with Crippen LogP contribution in [-0.4, -0.2) is 45.7 Å². The third-order valence-electron chi connectivity index (χ3n) is 4.36. The topological polar surface area (TPSA) is 165 Å². The lowest BCUT2D eigenvalue weighted by atomic mass is 10.1. The number of benzene rings is 2. The zero-order chi connectivity index (χ0) is 21.8. The number of carbonyl (C=O) groups excluding carboxylic acids is 3. The van der Waals surface area contributed by atoms with Crippen molar-refractivity contribution >= 4 is 34.9 Å². The second kappa shape index (κ2) is 8.34. The highest BCUT2D eigenvalue weighted by Crippen LogP contribution is 2.27. The molecule has 154 valence electrons. The van der Waals surface area contributed by atoms with E-state index in [4.69, 9.17) is 0 Å². The molecule has 2 N–H and O–H groups in total. The first kappa shape index (κ1) is 20.4. The molecule has 0 aromatic heterocycles. The highest BCUT2D eigenvalue weighted by atomic mass is 16.6.